The van der Waals surface area contributed by atoms with E-state index in [4.69, 9.17) is 4.74 Å². The normalized spacial score (nSPS) is 14.3. The second-order valence-electron chi connectivity index (χ2n) is 7.06. The molecule has 1 saturated heterocycles. The topological polar surface area (TPSA) is 96.5 Å². The molecule has 0 aliphatic carbocycles. The number of carbonyl (C=O) groups excluding carboxylic acids is 2. The second kappa shape index (κ2) is 9.86. The number of ether oxygens (including phenoxy) is 1. The van der Waals surface area contributed by atoms with Crippen LogP contribution in [0.5, 0.6) is 0 Å². The van der Waals surface area contributed by atoms with Crippen LogP contribution in [0.15, 0.2) is 36.7 Å². The van der Waals surface area contributed by atoms with Crippen LogP contribution >= 0.6 is 0 Å². The lowest BCUT2D eigenvalue weighted by atomic mass is 10.1. The molecule has 1 aliphatic rings. The average molecular weight is 397 g/mol. The van der Waals surface area contributed by atoms with E-state index in [0.717, 1.165) is 24.0 Å². The van der Waals surface area contributed by atoms with Crippen LogP contribution in [0.4, 0.5) is 10.6 Å². The molecule has 2 aromatic rings. The van der Waals surface area contributed by atoms with Crippen LogP contribution < -0.4 is 10.6 Å². The molecule has 29 heavy (non-hydrogen) atoms. The number of nitrogens with one attached hydrogen (secondary N) is 2. The van der Waals surface area contributed by atoms with Crippen molar-refractivity contribution in [2.45, 2.75) is 39.3 Å². The number of amides is 2. The Morgan fingerprint density at radius 3 is 2.72 bits per heavy atom. The Labute approximate surface area is 170 Å². The Hall–Kier alpha value is -3.16. The number of likely N-dealkylation sites (tertiary alicyclic amines) is 1. The van der Waals surface area contributed by atoms with E-state index in [9.17, 15) is 9.59 Å². The Bertz CT molecular complexity index is 850. The van der Waals surface area contributed by atoms with E-state index in [0.29, 0.717) is 37.8 Å². The van der Waals surface area contributed by atoms with Gasteiger partial charge < -0.3 is 20.3 Å². The summed E-state index contributed by atoms with van der Waals surface area (Å²) < 4.78 is 5.04. The van der Waals surface area contributed by atoms with Gasteiger partial charge in [-0.05, 0) is 32.3 Å². The van der Waals surface area contributed by atoms with Crippen molar-refractivity contribution in [2.75, 3.05) is 25.0 Å². The summed E-state index contributed by atoms with van der Waals surface area (Å²) in [4.78, 5) is 34.2. The maximum atomic E-state index is 12.4. The van der Waals surface area contributed by atoms with Gasteiger partial charge in [-0.15, -0.1) is 0 Å². The average Bonchev–Trinajstić information content (AvgIpc) is 2.73. The highest BCUT2D eigenvalue weighted by molar-refractivity contribution is 5.92. The van der Waals surface area contributed by atoms with E-state index in [1.54, 1.807) is 17.9 Å². The molecule has 0 atom stereocenters. The smallest absolute Gasteiger partial charge is 0.409 e. The number of anilines is 1. The molecule has 2 N–H and O–H groups in total. The number of benzene rings is 1. The number of hydrogen-bond acceptors (Lipinski definition) is 6. The van der Waals surface area contributed by atoms with Gasteiger partial charge >= 0.3 is 6.09 Å². The van der Waals surface area contributed by atoms with E-state index < -0.39 is 0 Å². The summed E-state index contributed by atoms with van der Waals surface area (Å²) >= 11 is 0. The van der Waals surface area contributed by atoms with Crippen molar-refractivity contribution in [3.63, 3.8) is 0 Å². The summed E-state index contributed by atoms with van der Waals surface area (Å²) in [7, 11) is 0. The highest BCUT2D eigenvalue weighted by Gasteiger charge is 2.23. The summed E-state index contributed by atoms with van der Waals surface area (Å²) in [5, 5.41) is 6.23. The van der Waals surface area contributed by atoms with Crippen molar-refractivity contribution in [1.82, 2.24) is 20.2 Å². The number of hydrogen-bond donors (Lipinski definition) is 2. The molecule has 1 fully saturated rings. The van der Waals surface area contributed by atoms with Crippen LogP contribution in [0.1, 0.15) is 41.4 Å². The lowest BCUT2D eigenvalue weighted by molar-refractivity contribution is 0.0943. The maximum Gasteiger partial charge on any atom is 0.409 e. The van der Waals surface area contributed by atoms with Crippen LogP contribution in [-0.2, 0) is 11.3 Å². The van der Waals surface area contributed by atoms with Gasteiger partial charge in [0.15, 0.2) is 0 Å². The predicted octanol–water partition coefficient (Wildman–Crippen LogP) is 2.75. The fraction of sp³-hybridized carbons (Fsp3) is 0.429. The third kappa shape index (κ3) is 5.91. The minimum absolute atomic E-state index is 0.179. The van der Waals surface area contributed by atoms with Crippen LogP contribution in [-0.4, -0.2) is 52.6 Å². The monoisotopic (exact) mass is 397 g/mol. The maximum absolute atomic E-state index is 12.4. The molecule has 0 saturated carbocycles. The molecule has 8 heteroatoms. The molecule has 2 amide bonds. The van der Waals surface area contributed by atoms with Gasteiger partial charge in [0.25, 0.3) is 5.91 Å². The number of aryl methyl sites for hydroxylation is 1. The van der Waals surface area contributed by atoms with E-state index in [2.05, 4.69) is 20.6 Å². The van der Waals surface area contributed by atoms with Crippen LogP contribution in [0, 0.1) is 6.92 Å². The van der Waals surface area contributed by atoms with Gasteiger partial charge in [-0.25, -0.2) is 14.8 Å². The fourth-order valence-electron chi connectivity index (χ4n) is 3.29. The molecule has 0 unspecified atom stereocenters. The lowest BCUT2D eigenvalue weighted by Gasteiger charge is -2.31. The van der Waals surface area contributed by atoms with Gasteiger partial charge in [0.05, 0.1) is 6.61 Å². The van der Waals surface area contributed by atoms with Crippen LogP contribution in [0.3, 0.4) is 0 Å². The first-order chi connectivity index (χ1) is 14.0. The zero-order valence-electron chi connectivity index (χ0n) is 16.9. The van der Waals surface area contributed by atoms with Gasteiger partial charge in [0.2, 0.25) is 0 Å². The Kier molecular flexibility index (Phi) is 6.99. The molecule has 0 radical (unpaired) electrons. The SMILES string of the molecule is CCOC(=O)N1CCC(Nc2cc(C(=O)NCc3cccc(C)c3)ncn2)CC1. The van der Waals surface area contributed by atoms with Crippen molar-refractivity contribution >= 4 is 17.8 Å². The van der Waals surface area contributed by atoms with E-state index >= 15 is 0 Å². The molecule has 8 nitrogen and oxygen atoms in total. The molecule has 3 rings (SSSR count). The third-order valence-electron chi connectivity index (χ3n) is 4.81. The highest BCUT2D eigenvalue weighted by atomic mass is 16.6. The molecule has 1 aliphatic heterocycles. The van der Waals surface area contributed by atoms with Gasteiger partial charge in [-0.1, -0.05) is 29.8 Å². The zero-order chi connectivity index (χ0) is 20.6. The summed E-state index contributed by atoms with van der Waals surface area (Å²) in [5.74, 6) is 0.365. The number of nitrogens with zero attached hydrogens (tertiary/aromatic N) is 3. The van der Waals surface area contributed by atoms with Gasteiger partial charge in [-0.2, -0.15) is 0 Å². The minimum atomic E-state index is -0.263. The third-order valence-corrected chi connectivity index (χ3v) is 4.81. The largest absolute Gasteiger partial charge is 0.450 e. The highest BCUT2D eigenvalue weighted by Crippen LogP contribution is 2.16. The summed E-state index contributed by atoms with van der Waals surface area (Å²) in [5.41, 5.74) is 2.51. The molecule has 0 bridgehead atoms. The molecule has 1 aromatic carbocycles. The number of carbonyl (C=O) groups is 2. The van der Waals surface area contributed by atoms with Crippen molar-refractivity contribution in [1.29, 1.82) is 0 Å². The Morgan fingerprint density at radius 2 is 2.00 bits per heavy atom. The van der Waals surface area contributed by atoms with Crippen LogP contribution in [0.25, 0.3) is 0 Å². The number of rotatable bonds is 6. The van der Waals surface area contributed by atoms with Crippen molar-refractivity contribution in [2.24, 2.45) is 0 Å². The van der Waals surface area contributed by atoms with E-state index in [1.165, 1.54) is 6.33 Å². The predicted molar refractivity (Wildman–Crippen MR) is 110 cm³/mol. The fourth-order valence-corrected chi connectivity index (χ4v) is 3.29. The van der Waals surface area contributed by atoms with Crippen molar-refractivity contribution in [3.05, 3.63) is 53.5 Å². The van der Waals surface area contributed by atoms with E-state index in [-0.39, 0.29) is 18.0 Å². The Balaban J connectivity index is 1.52. The van der Waals surface area contributed by atoms with Crippen LogP contribution in [0.2, 0.25) is 0 Å². The summed E-state index contributed by atoms with van der Waals surface area (Å²) in [6.07, 6.45) is 2.70. The second-order valence-corrected chi connectivity index (χ2v) is 7.06. The first-order valence-electron chi connectivity index (χ1n) is 9.89. The summed E-state index contributed by atoms with van der Waals surface area (Å²) in [6, 6.07) is 9.84. The Morgan fingerprint density at radius 1 is 1.21 bits per heavy atom. The lowest BCUT2D eigenvalue weighted by Crippen LogP contribution is -2.42. The number of aromatic nitrogens is 2. The minimum Gasteiger partial charge on any atom is -0.450 e. The molecular formula is C21H27N5O3. The quantitative estimate of drug-likeness (QED) is 0.778. The molecule has 154 valence electrons. The van der Waals surface area contributed by atoms with Crippen molar-refractivity contribution < 1.29 is 14.3 Å². The molecule has 0 spiro atoms. The van der Waals surface area contributed by atoms with E-state index in [1.807, 2.05) is 31.2 Å². The van der Waals surface area contributed by atoms with Crippen molar-refractivity contribution in [3.8, 4) is 0 Å². The van der Waals surface area contributed by atoms with Gasteiger partial charge in [0.1, 0.15) is 17.8 Å². The first-order valence-corrected chi connectivity index (χ1v) is 9.89. The van der Waals surface area contributed by atoms with Gasteiger partial charge in [0, 0.05) is 31.7 Å². The summed E-state index contributed by atoms with van der Waals surface area (Å²) in [6.45, 7) is 5.91. The standard InChI is InChI=1S/C21H27N5O3/c1-3-29-21(28)26-9-7-17(8-10-26)25-19-12-18(23-14-24-19)20(27)22-13-16-6-4-5-15(2)11-16/h4-6,11-12,14,17H,3,7-10,13H2,1-2H3,(H,22,27)(H,23,24,25). The number of piperidine rings is 1. The zero-order valence-corrected chi connectivity index (χ0v) is 16.9. The molecule has 1 aromatic heterocycles. The van der Waals surface area contributed by atoms with Gasteiger partial charge in [-0.3, -0.25) is 4.79 Å². The first kappa shape index (κ1) is 20.6. The molecular weight excluding hydrogens is 370 g/mol. The molecule has 2 heterocycles.